The molecule has 3 aliphatic heterocycles. The lowest BCUT2D eigenvalue weighted by molar-refractivity contribution is -0.139. The van der Waals surface area contributed by atoms with Crippen molar-refractivity contribution in [3.05, 3.63) is 39.5 Å². The van der Waals surface area contributed by atoms with Gasteiger partial charge in [0.15, 0.2) is 0 Å². The minimum absolute atomic E-state index is 0.108. The summed E-state index contributed by atoms with van der Waals surface area (Å²) >= 11 is 12.4. The van der Waals surface area contributed by atoms with Crippen molar-refractivity contribution < 1.29 is 19.1 Å². The van der Waals surface area contributed by atoms with Crippen LogP contribution in [0.3, 0.4) is 0 Å². The van der Waals surface area contributed by atoms with Crippen LogP contribution in [0.1, 0.15) is 18.4 Å². The van der Waals surface area contributed by atoms with Gasteiger partial charge < -0.3 is 14.4 Å². The van der Waals surface area contributed by atoms with Gasteiger partial charge in [0.05, 0.1) is 36.5 Å². The largest absolute Gasteiger partial charge is 0.378 e. The van der Waals surface area contributed by atoms with Crippen molar-refractivity contribution in [2.24, 2.45) is 0 Å². The second-order valence-electron chi connectivity index (χ2n) is 6.80. The van der Waals surface area contributed by atoms with Gasteiger partial charge in [-0.1, -0.05) is 29.3 Å². The average Bonchev–Trinajstić information content (AvgIpc) is 3.25. The normalized spacial score (nSPS) is 23.7. The predicted molar refractivity (Wildman–Crippen MR) is 101 cm³/mol. The maximum absolute atomic E-state index is 13.2. The van der Waals surface area contributed by atoms with Crippen molar-refractivity contribution in [2.75, 3.05) is 39.5 Å². The van der Waals surface area contributed by atoms with Crippen LogP contribution in [-0.2, 0) is 19.1 Å². The maximum atomic E-state index is 13.2. The van der Waals surface area contributed by atoms with Crippen LogP contribution < -0.4 is 0 Å². The Bertz CT molecular complexity index is 799. The van der Waals surface area contributed by atoms with Crippen LogP contribution in [0, 0.1) is 0 Å². The fraction of sp³-hybridized carbons (Fsp3) is 0.474. The summed E-state index contributed by atoms with van der Waals surface area (Å²) in [5.41, 5.74) is 1.25. The number of amides is 2. The number of imide groups is 1. The molecule has 2 saturated heterocycles. The Labute approximate surface area is 167 Å². The quantitative estimate of drug-likeness (QED) is 0.713. The van der Waals surface area contributed by atoms with Crippen molar-refractivity contribution in [1.82, 2.24) is 9.80 Å². The minimum atomic E-state index is -0.332. The summed E-state index contributed by atoms with van der Waals surface area (Å²) in [7, 11) is 0. The van der Waals surface area contributed by atoms with Gasteiger partial charge in [-0.25, -0.2) is 0 Å². The Balaban J connectivity index is 1.74. The molecule has 0 aliphatic carbocycles. The molecule has 0 saturated carbocycles. The number of morpholine rings is 1. The third kappa shape index (κ3) is 3.59. The highest BCUT2D eigenvalue weighted by Crippen LogP contribution is 2.37. The maximum Gasteiger partial charge on any atom is 0.277 e. The van der Waals surface area contributed by atoms with E-state index in [4.69, 9.17) is 32.7 Å². The zero-order chi connectivity index (χ0) is 19.0. The molecule has 1 unspecified atom stereocenters. The van der Waals surface area contributed by atoms with E-state index in [0.717, 1.165) is 12.8 Å². The highest BCUT2D eigenvalue weighted by atomic mass is 35.5. The first-order chi connectivity index (χ1) is 13.1. The van der Waals surface area contributed by atoms with Crippen LogP contribution in [0.4, 0.5) is 0 Å². The first kappa shape index (κ1) is 18.7. The number of carbonyl (C=O) groups excluding carboxylic acids is 2. The van der Waals surface area contributed by atoms with Gasteiger partial charge in [0.1, 0.15) is 5.70 Å². The monoisotopic (exact) mass is 410 g/mol. The molecule has 1 aromatic rings. The summed E-state index contributed by atoms with van der Waals surface area (Å²) in [6.45, 7) is 3.06. The molecule has 0 N–H and O–H groups in total. The van der Waals surface area contributed by atoms with E-state index < -0.39 is 0 Å². The number of carbonyl (C=O) groups is 2. The Morgan fingerprint density at radius 3 is 2.52 bits per heavy atom. The summed E-state index contributed by atoms with van der Waals surface area (Å²) in [4.78, 5) is 29.7. The molecule has 0 spiro atoms. The molecule has 1 atom stereocenters. The van der Waals surface area contributed by atoms with Gasteiger partial charge in [0, 0.05) is 30.3 Å². The van der Waals surface area contributed by atoms with Crippen LogP contribution in [0.25, 0.3) is 5.57 Å². The summed E-state index contributed by atoms with van der Waals surface area (Å²) < 4.78 is 11.0. The van der Waals surface area contributed by atoms with Crippen LogP contribution in [-0.4, -0.2) is 67.2 Å². The topological polar surface area (TPSA) is 59.1 Å². The average molecular weight is 411 g/mol. The number of hydrogen-bond acceptors (Lipinski definition) is 5. The first-order valence-corrected chi connectivity index (χ1v) is 9.82. The fourth-order valence-corrected chi connectivity index (χ4v) is 4.24. The van der Waals surface area contributed by atoms with Gasteiger partial charge in [-0.3, -0.25) is 14.5 Å². The van der Waals surface area contributed by atoms with Gasteiger partial charge in [0.2, 0.25) is 0 Å². The van der Waals surface area contributed by atoms with E-state index in [9.17, 15) is 9.59 Å². The molecule has 0 aromatic heterocycles. The first-order valence-electron chi connectivity index (χ1n) is 9.06. The number of benzene rings is 1. The summed E-state index contributed by atoms with van der Waals surface area (Å²) in [5.74, 6) is -0.625. The van der Waals surface area contributed by atoms with Crippen LogP contribution in [0.2, 0.25) is 10.0 Å². The zero-order valence-electron chi connectivity index (χ0n) is 14.7. The Morgan fingerprint density at radius 1 is 1.07 bits per heavy atom. The lowest BCUT2D eigenvalue weighted by Crippen LogP contribution is -2.42. The van der Waals surface area contributed by atoms with Gasteiger partial charge in [-0.15, -0.1) is 0 Å². The molecule has 0 bridgehead atoms. The van der Waals surface area contributed by atoms with E-state index >= 15 is 0 Å². The molecule has 2 amide bonds. The number of ether oxygens (including phenoxy) is 2. The number of hydrogen-bond donors (Lipinski definition) is 0. The molecule has 4 rings (SSSR count). The fourth-order valence-electron chi connectivity index (χ4n) is 3.74. The number of rotatable bonds is 4. The summed E-state index contributed by atoms with van der Waals surface area (Å²) in [5, 5.41) is 0.827. The third-order valence-electron chi connectivity index (χ3n) is 5.08. The second-order valence-corrected chi connectivity index (χ2v) is 7.65. The Kier molecular flexibility index (Phi) is 5.41. The second kappa shape index (κ2) is 7.80. The van der Waals surface area contributed by atoms with Crippen LogP contribution >= 0.6 is 23.2 Å². The molecule has 144 valence electrons. The molecule has 27 heavy (non-hydrogen) atoms. The number of halogens is 2. The molecule has 8 heteroatoms. The molecule has 3 aliphatic rings. The molecular formula is C19H20Cl2N2O4. The van der Waals surface area contributed by atoms with Crippen molar-refractivity contribution in [3.63, 3.8) is 0 Å². The summed E-state index contributed by atoms with van der Waals surface area (Å²) in [6, 6.07) is 4.96. The number of nitrogens with zero attached hydrogens (tertiary/aromatic N) is 2. The highest BCUT2D eigenvalue weighted by molar-refractivity contribution is 6.41. The molecule has 6 nitrogen and oxygen atoms in total. The Morgan fingerprint density at radius 2 is 1.85 bits per heavy atom. The van der Waals surface area contributed by atoms with Gasteiger partial charge in [0.25, 0.3) is 11.8 Å². The molecule has 0 radical (unpaired) electrons. The lowest BCUT2D eigenvalue weighted by Gasteiger charge is -2.30. The van der Waals surface area contributed by atoms with E-state index in [1.165, 1.54) is 4.90 Å². The van der Waals surface area contributed by atoms with Crippen molar-refractivity contribution in [1.29, 1.82) is 0 Å². The van der Waals surface area contributed by atoms with Crippen LogP contribution in [0.15, 0.2) is 23.9 Å². The van der Waals surface area contributed by atoms with Gasteiger partial charge >= 0.3 is 0 Å². The highest BCUT2D eigenvalue weighted by Gasteiger charge is 2.43. The molecule has 2 fully saturated rings. The van der Waals surface area contributed by atoms with Crippen molar-refractivity contribution in [3.8, 4) is 0 Å². The minimum Gasteiger partial charge on any atom is -0.378 e. The summed E-state index contributed by atoms with van der Waals surface area (Å²) in [6.07, 6.45) is 1.69. The van der Waals surface area contributed by atoms with Crippen LogP contribution in [0.5, 0.6) is 0 Å². The third-order valence-corrected chi connectivity index (χ3v) is 5.63. The van der Waals surface area contributed by atoms with E-state index in [1.807, 2.05) is 4.90 Å². The van der Waals surface area contributed by atoms with Crippen molar-refractivity contribution in [2.45, 2.75) is 18.9 Å². The van der Waals surface area contributed by atoms with Gasteiger partial charge in [-0.2, -0.15) is 0 Å². The molecule has 3 heterocycles. The van der Waals surface area contributed by atoms with E-state index in [-0.39, 0.29) is 24.5 Å². The lowest BCUT2D eigenvalue weighted by atomic mass is 10.0. The predicted octanol–water partition coefficient (Wildman–Crippen LogP) is 2.58. The molecular weight excluding hydrogens is 391 g/mol. The van der Waals surface area contributed by atoms with Gasteiger partial charge in [-0.05, 0) is 25.0 Å². The smallest absolute Gasteiger partial charge is 0.277 e. The van der Waals surface area contributed by atoms with E-state index in [1.54, 1.807) is 18.2 Å². The van der Waals surface area contributed by atoms with Crippen molar-refractivity contribution >= 4 is 40.6 Å². The standard InChI is InChI=1S/C19H20Cl2N2O4/c20-12-3-4-14(15(21)10-12)16-17(22-5-8-26-9-6-22)19(25)23(18(16)24)11-13-2-1-7-27-13/h3-4,10,13H,1-2,5-9,11H2. The zero-order valence-corrected chi connectivity index (χ0v) is 16.3. The van der Waals surface area contributed by atoms with E-state index in [0.29, 0.717) is 59.8 Å². The molecule has 1 aromatic carbocycles. The Hall–Kier alpha value is -1.60. The SMILES string of the molecule is O=C1C(c2ccc(Cl)cc2Cl)=C(N2CCOCC2)C(=O)N1CC1CCCO1. The van der Waals surface area contributed by atoms with E-state index in [2.05, 4.69) is 0 Å².